The Morgan fingerprint density at radius 1 is 1.44 bits per heavy atom. The highest BCUT2D eigenvalue weighted by atomic mass is 16.4. The van der Waals surface area contributed by atoms with Crippen LogP contribution in [0.25, 0.3) is 10.9 Å². The molecule has 0 spiro atoms. The molecule has 2 N–H and O–H groups in total. The Morgan fingerprint density at radius 3 is 2.94 bits per heavy atom. The van der Waals surface area contributed by atoms with Crippen LogP contribution in [0.1, 0.15) is 6.42 Å². The quantitative estimate of drug-likeness (QED) is 0.791. The van der Waals surface area contributed by atoms with Crippen LogP contribution in [0.4, 0.5) is 5.69 Å². The molecule has 0 amide bonds. The van der Waals surface area contributed by atoms with Gasteiger partial charge in [-0.2, -0.15) is 0 Å². The highest BCUT2D eigenvalue weighted by Crippen LogP contribution is 2.22. The van der Waals surface area contributed by atoms with Crippen LogP contribution in [0.2, 0.25) is 0 Å². The summed E-state index contributed by atoms with van der Waals surface area (Å²) < 4.78 is 0. The van der Waals surface area contributed by atoms with Crippen LogP contribution in [0, 0.1) is 0 Å². The number of para-hydroxylation sites is 1. The van der Waals surface area contributed by atoms with Gasteiger partial charge in [-0.1, -0.05) is 24.3 Å². The van der Waals surface area contributed by atoms with Crippen molar-refractivity contribution >= 4 is 22.6 Å². The maximum Gasteiger partial charge on any atom is 0.326 e. The van der Waals surface area contributed by atoms with E-state index in [4.69, 9.17) is 5.11 Å². The molecule has 4 heteroatoms. The Bertz CT molecular complexity index is 576. The first kappa shape index (κ1) is 12.1. The fourth-order valence-corrected chi connectivity index (χ4v) is 1.80. The van der Waals surface area contributed by atoms with Gasteiger partial charge in [0.15, 0.2) is 0 Å². The molecule has 1 heterocycles. The molecule has 2 aromatic rings. The summed E-state index contributed by atoms with van der Waals surface area (Å²) in [5.41, 5.74) is 1.61. The van der Waals surface area contributed by atoms with E-state index in [-0.39, 0.29) is 0 Å². The average molecular weight is 242 g/mol. The number of carbonyl (C=O) groups is 1. The molecular formula is C14H14N2O2. The predicted octanol–water partition coefficient (Wildman–Crippen LogP) is 2.68. The smallest absolute Gasteiger partial charge is 0.326 e. The van der Waals surface area contributed by atoms with Crippen molar-refractivity contribution in [3.05, 3.63) is 49.2 Å². The molecule has 1 aromatic heterocycles. The van der Waals surface area contributed by atoms with Gasteiger partial charge < -0.3 is 10.4 Å². The Hall–Kier alpha value is -2.36. The number of nitrogens with zero attached hydrogens (tertiary/aromatic N) is 1. The first-order valence-electron chi connectivity index (χ1n) is 5.66. The number of hydrogen-bond donors (Lipinski definition) is 2. The molecule has 1 unspecified atom stereocenters. The van der Waals surface area contributed by atoms with E-state index in [0.29, 0.717) is 6.42 Å². The molecular weight excluding hydrogens is 228 g/mol. The van der Waals surface area contributed by atoms with Crippen LogP contribution in [0.3, 0.4) is 0 Å². The zero-order chi connectivity index (χ0) is 13.0. The van der Waals surface area contributed by atoms with Crippen LogP contribution in [-0.2, 0) is 4.79 Å². The number of rotatable bonds is 5. The van der Waals surface area contributed by atoms with Crippen LogP contribution in [0.5, 0.6) is 0 Å². The van der Waals surface area contributed by atoms with Crippen LogP contribution in [0.15, 0.2) is 49.2 Å². The highest BCUT2D eigenvalue weighted by molar-refractivity contribution is 5.92. The van der Waals surface area contributed by atoms with Crippen molar-refractivity contribution in [3.8, 4) is 0 Å². The minimum Gasteiger partial charge on any atom is -0.480 e. The van der Waals surface area contributed by atoms with Crippen molar-refractivity contribution in [1.29, 1.82) is 0 Å². The van der Waals surface area contributed by atoms with Crippen molar-refractivity contribution in [2.24, 2.45) is 0 Å². The first-order valence-corrected chi connectivity index (χ1v) is 5.66. The van der Waals surface area contributed by atoms with Gasteiger partial charge in [0, 0.05) is 17.3 Å². The van der Waals surface area contributed by atoms with E-state index in [2.05, 4.69) is 16.9 Å². The number of aromatic nitrogens is 1. The zero-order valence-corrected chi connectivity index (χ0v) is 9.84. The zero-order valence-electron chi connectivity index (χ0n) is 9.84. The minimum atomic E-state index is -0.893. The summed E-state index contributed by atoms with van der Waals surface area (Å²) in [6.07, 6.45) is 3.62. The second kappa shape index (κ2) is 5.31. The summed E-state index contributed by atoms with van der Waals surface area (Å²) in [6.45, 7) is 3.57. The molecule has 1 aromatic carbocycles. The molecule has 0 aliphatic heterocycles. The summed E-state index contributed by atoms with van der Waals surface area (Å²) >= 11 is 0. The van der Waals surface area contributed by atoms with Crippen molar-refractivity contribution in [2.45, 2.75) is 12.5 Å². The number of benzene rings is 1. The fraction of sp³-hybridized carbons (Fsp3) is 0.143. The largest absolute Gasteiger partial charge is 0.480 e. The molecule has 2 rings (SSSR count). The molecule has 0 aliphatic rings. The molecule has 92 valence electrons. The van der Waals surface area contributed by atoms with Crippen LogP contribution >= 0.6 is 0 Å². The lowest BCUT2D eigenvalue weighted by molar-refractivity contribution is -0.137. The van der Waals surface area contributed by atoms with Gasteiger partial charge in [-0.15, -0.1) is 6.58 Å². The molecule has 0 saturated carbocycles. The standard InChI is InChI=1S/C14H14N2O2/c1-2-5-13(14(17)18)16-12-8-9-15-11-7-4-3-6-10(11)12/h2-4,6-9,13H,1,5H2,(H,15,16)(H,17,18). The van der Waals surface area contributed by atoms with Gasteiger partial charge in [-0.25, -0.2) is 4.79 Å². The van der Waals surface area contributed by atoms with E-state index in [1.165, 1.54) is 0 Å². The topological polar surface area (TPSA) is 62.2 Å². The molecule has 4 nitrogen and oxygen atoms in total. The summed E-state index contributed by atoms with van der Waals surface area (Å²) in [5.74, 6) is -0.893. The summed E-state index contributed by atoms with van der Waals surface area (Å²) in [7, 11) is 0. The Kier molecular flexibility index (Phi) is 3.57. The number of pyridine rings is 1. The Morgan fingerprint density at radius 2 is 2.22 bits per heavy atom. The third-order valence-corrected chi connectivity index (χ3v) is 2.68. The third kappa shape index (κ3) is 2.48. The molecule has 0 saturated heterocycles. The van der Waals surface area contributed by atoms with Gasteiger partial charge in [0.1, 0.15) is 6.04 Å². The second-order valence-corrected chi connectivity index (χ2v) is 3.94. The lowest BCUT2D eigenvalue weighted by Gasteiger charge is -2.15. The molecule has 1 atom stereocenters. The number of nitrogens with one attached hydrogen (secondary N) is 1. The minimum absolute atomic E-state index is 0.367. The molecule has 0 bridgehead atoms. The van der Waals surface area contributed by atoms with Gasteiger partial charge in [0.2, 0.25) is 0 Å². The monoisotopic (exact) mass is 242 g/mol. The average Bonchev–Trinajstić information content (AvgIpc) is 2.38. The SMILES string of the molecule is C=CCC(Nc1ccnc2ccccc12)C(=O)O. The normalized spacial score (nSPS) is 12.0. The second-order valence-electron chi connectivity index (χ2n) is 3.94. The lowest BCUT2D eigenvalue weighted by atomic mass is 10.1. The van der Waals surface area contributed by atoms with Gasteiger partial charge in [-0.05, 0) is 18.6 Å². The van der Waals surface area contributed by atoms with E-state index in [0.717, 1.165) is 16.6 Å². The van der Waals surface area contributed by atoms with E-state index in [1.807, 2.05) is 24.3 Å². The molecule has 0 aliphatic carbocycles. The van der Waals surface area contributed by atoms with E-state index < -0.39 is 12.0 Å². The highest BCUT2D eigenvalue weighted by Gasteiger charge is 2.16. The van der Waals surface area contributed by atoms with Crippen molar-refractivity contribution in [2.75, 3.05) is 5.32 Å². The maximum absolute atomic E-state index is 11.1. The Balaban J connectivity index is 2.36. The summed E-state index contributed by atoms with van der Waals surface area (Å²) in [6, 6.07) is 8.71. The summed E-state index contributed by atoms with van der Waals surface area (Å²) in [4.78, 5) is 15.3. The molecule has 18 heavy (non-hydrogen) atoms. The van der Waals surface area contributed by atoms with E-state index in [9.17, 15) is 4.79 Å². The van der Waals surface area contributed by atoms with Crippen molar-refractivity contribution in [1.82, 2.24) is 4.98 Å². The fourth-order valence-electron chi connectivity index (χ4n) is 1.80. The van der Waals surface area contributed by atoms with Gasteiger partial charge in [-0.3, -0.25) is 4.98 Å². The van der Waals surface area contributed by atoms with Gasteiger partial charge in [0.25, 0.3) is 0 Å². The lowest BCUT2D eigenvalue weighted by Crippen LogP contribution is -2.28. The van der Waals surface area contributed by atoms with Gasteiger partial charge >= 0.3 is 5.97 Å². The van der Waals surface area contributed by atoms with Crippen molar-refractivity contribution in [3.63, 3.8) is 0 Å². The van der Waals surface area contributed by atoms with Crippen molar-refractivity contribution < 1.29 is 9.90 Å². The number of fused-ring (bicyclic) bond motifs is 1. The van der Waals surface area contributed by atoms with Crippen LogP contribution < -0.4 is 5.32 Å². The van der Waals surface area contributed by atoms with Crippen LogP contribution in [-0.4, -0.2) is 22.1 Å². The third-order valence-electron chi connectivity index (χ3n) is 2.68. The number of carboxylic acid groups (broad SMARTS) is 1. The first-order chi connectivity index (χ1) is 8.72. The molecule has 0 radical (unpaired) electrons. The predicted molar refractivity (Wildman–Crippen MR) is 71.6 cm³/mol. The number of anilines is 1. The summed E-state index contributed by atoms with van der Waals surface area (Å²) in [5, 5.41) is 13.0. The Labute approximate surface area is 105 Å². The number of hydrogen-bond acceptors (Lipinski definition) is 3. The molecule has 0 fully saturated rings. The van der Waals surface area contributed by atoms with E-state index >= 15 is 0 Å². The maximum atomic E-state index is 11.1. The van der Waals surface area contributed by atoms with Gasteiger partial charge in [0.05, 0.1) is 5.52 Å². The van der Waals surface area contributed by atoms with E-state index in [1.54, 1.807) is 18.3 Å². The number of carboxylic acids is 1. The number of aliphatic carboxylic acids is 1.